The molecule has 0 spiro atoms. The van der Waals surface area contributed by atoms with Gasteiger partial charge in [-0.2, -0.15) is 0 Å². The van der Waals surface area contributed by atoms with Crippen LogP contribution in [0.4, 0.5) is 0 Å². The van der Waals surface area contributed by atoms with E-state index in [0.717, 1.165) is 5.56 Å². The molecular formula is C23H32N2O3. The monoisotopic (exact) mass is 384 g/mol. The first-order valence-corrected chi connectivity index (χ1v) is 9.76. The summed E-state index contributed by atoms with van der Waals surface area (Å²) in [4.78, 5) is 13.6. The van der Waals surface area contributed by atoms with Crippen molar-refractivity contribution >= 4 is 5.91 Å². The number of ether oxygens (including phenoxy) is 2. The minimum atomic E-state index is -0.570. The molecule has 0 aliphatic carbocycles. The standard InChI is InChI=1S/C23H32N2O3/c1-7-27-22-14-19(12-13-21(22)28-18(4)23(26)25(5)6)15-24-17(3)20-11-9-8-10-16(20)2/h8-14,17-18,24H,7,15H2,1-6H3. The van der Waals surface area contributed by atoms with Gasteiger partial charge in [-0.05, 0) is 56.5 Å². The molecule has 5 heteroatoms. The molecule has 0 aliphatic rings. The molecule has 0 bridgehead atoms. The van der Waals surface area contributed by atoms with Crippen LogP contribution in [0.5, 0.6) is 11.5 Å². The van der Waals surface area contributed by atoms with E-state index in [0.29, 0.717) is 24.7 Å². The van der Waals surface area contributed by atoms with Gasteiger partial charge in [0, 0.05) is 26.7 Å². The van der Waals surface area contributed by atoms with Crippen molar-refractivity contribution in [3.63, 3.8) is 0 Å². The Morgan fingerprint density at radius 3 is 2.46 bits per heavy atom. The Morgan fingerprint density at radius 1 is 1.11 bits per heavy atom. The lowest BCUT2D eigenvalue weighted by Gasteiger charge is -2.21. The molecule has 2 aromatic rings. The van der Waals surface area contributed by atoms with E-state index in [9.17, 15) is 4.79 Å². The molecule has 0 fully saturated rings. The highest BCUT2D eigenvalue weighted by molar-refractivity contribution is 5.80. The second kappa shape index (κ2) is 10.1. The molecule has 0 saturated heterocycles. The summed E-state index contributed by atoms with van der Waals surface area (Å²) in [6, 6.07) is 14.5. The molecule has 2 atom stereocenters. The number of benzene rings is 2. The van der Waals surface area contributed by atoms with Crippen molar-refractivity contribution in [1.29, 1.82) is 0 Å². The zero-order valence-corrected chi connectivity index (χ0v) is 17.8. The number of carbonyl (C=O) groups is 1. The van der Waals surface area contributed by atoms with Gasteiger partial charge >= 0.3 is 0 Å². The topological polar surface area (TPSA) is 50.8 Å². The molecule has 0 aliphatic heterocycles. The normalized spacial score (nSPS) is 12.9. The molecule has 1 amide bonds. The molecule has 2 aromatic carbocycles. The molecule has 0 radical (unpaired) electrons. The molecule has 28 heavy (non-hydrogen) atoms. The highest BCUT2D eigenvalue weighted by atomic mass is 16.5. The zero-order valence-electron chi connectivity index (χ0n) is 17.8. The molecule has 2 rings (SSSR count). The van der Waals surface area contributed by atoms with Gasteiger partial charge in [0.25, 0.3) is 5.91 Å². The van der Waals surface area contributed by atoms with Crippen molar-refractivity contribution in [1.82, 2.24) is 10.2 Å². The molecule has 5 nitrogen and oxygen atoms in total. The van der Waals surface area contributed by atoms with Crippen molar-refractivity contribution in [3.8, 4) is 11.5 Å². The van der Waals surface area contributed by atoms with E-state index in [-0.39, 0.29) is 11.9 Å². The van der Waals surface area contributed by atoms with Crippen LogP contribution in [0.2, 0.25) is 0 Å². The number of nitrogens with zero attached hydrogens (tertiary/aromatic N) is 1. The molecule has 0 heterocycles. The maximum atomic E-state index is 12.1. The van der Waals surface area contributed by atoms with Crippen LogP contribution in [-0.4, -0.2) is 37.6 Å². The predicted molar refractivity (Wildman–Crippen MR) is 113 cm³/mol. The number of aryl methyl sites for hydroxylation is 1. The van der Waals surface area contributed by atoms with Crippen LogP contribution < -0.4 is 14.8 Å². The second-order valence-electron chi connectivity index (χ2n) is 7.17. The highest BCUT2D eigenvalue weighted by Gasteiger charge is 2.19. The van der Waals surface area contributed by atoms with Gasteiger partial charge in [-0.1, -0.05) is 30.3 Å². The van der Waals surface area contributed by atoms with Gasteiger partial charge < -0.3 is 19.7 Å². The lowest BCUT2D eigenvalue weighted by atomic mass is 10.0. The van der Waals surface area contributed by atoms with E-state index < -0.39 is 6.10 Å². The van der Waals surface area contributed by atoms with Crippen LogP contribution in [-0.2, 0) is 11.3 Å². The third-order valence-corrected chi connectivity index (χ3v) is 4.67. The maximum absolute atomic E-state index is 12.1. The average molecular weight is 385 g/mol. The van der Waals surface area contributed by atoms with Gasteiger partial charge in [0.15, 0.2) is 17.6 Å². The number of hydrogen-bond acceptors (Lipinski definition) is 4. The third kappa shape index (κ3) is 5.73. The summed E-state index contributed by atoms with van der Waals surface area (Å²) in [5, 5.41) is 3.56. The van der Waals surface area contributed by atoms with Crippen LogP contribution in [0, 0.1) is 6.92 Å². The third-order valence-electron chi connectivity index (χ3n) is 4.67. The van der Waals surface area contributed by atoms with E-state index in [1.54, 1.807) is 21.0 Å². The van der Waals surface area contributed by atoms with Gasteiger partial charge in [0.2, 0.25) is 0 Å². The van der Waals surface area contributed by atoms with Crippen LogP contribution in [0.25, 0.3) is 0 Å². The SMILES string of the molecule is CCOc1cc(CNC(C)c2ccccc2C)ccc1OC(C)C(=O)N(C)C. The molecular weight excluding hydrogens is 352 g/mol. The number of hydrogen-bond donors (Lipinski definition) is 1. The lowest BCUT2D eigenvalue weighted by molar-refractivity contribution is -0.135. The van der Waals surface area contributed by atoms with E-state index in [4.69, 9.17) is 9.47 Å². The number of likely N-dealkylation sites (N-methyl/N-ethyl adjacent to an activating group) is 1. The van der Waals surface area contributed by atoms with E-state index >= 15 is 0 Å². The Balaban J connectivity index is 2.09. The Morgan fingerprint density at radius 2 is 1.82 bits per heavy atom. The molecule has 1 N–H and O–H groups in total. The van der Waals surface area contributed by atoms with Crippen molar-refractivity contribution in [2.75, 3.05) is 20.7 Å². The Hall–Kier alpha value is -2.53. The predicted octanol–water partition coefficient (Wildman–Crippen LogP) is 4.10. The van der Waals surface area contributed by atoms with Crippen LogP contribution >= 0.6 is 0 Å². The second-order valence-corrected chi connectivity index (χ2v) is 7.17. The summed E-state index contributed by atoms with van der Waals surface area (Å²) in [6.07, 6.45) is -0.570. The maximum Gasteiger partial charge on any atom is 0.262 e. The van der Waals surface area contributed by atoms with E-state index in [1.807, 2.05) is 25.1 Å². The summed E-state index contributed by atoms with van der Waals surface area (Å²) in [7, 11) is 3.44. The summed E-state index contributed by atoms with van der Waals surface area (Å²) in [5.41, 5.74) is 3.67. The molecule has 152 valence electrons. The summed E-state index contributed by atoms with van der Waals surface area (Å²) < 4.78 is 11.6. The summed E-state index contributed by atoms with van der Waals surface area (Å²) >= 11 is 0. The first-order chi connectivity index (χ1) is 13.3. The quantitative estimate of drug-likeness (QED) is 0.707. The van der Waals surface area contributed by atoms with Gasteiger partial charge in [-0.25, -0.2) is 0 Å². The van der Waals surface area contributed by atoms with Crippen LogP contribution in [0.1, 0.15) is 43.5 Å². The molecule has 2 unspecified atom stereocenters. The van der Waals surface area contributed by atoms with Crippen molar-refractivity contribution in [2.24, 2.45) is 0 Å². The first kappa shape index (κ1) is 21.8. The highest BCUT2D eigenvalue weighted by Crippen LogP contribution is 2.30. The lowest BCUT2D eigenvalue weighted by Crippen LogP contribution is -2.35. The fraction of sp³-hybridized carbons (Fsp3) is 0.435. The Labute approximate surface area is 168 Å². The van der Waals surface area contributed by atoms with Crippen LogP contribution in [0.3, 0.4) is 0 Å². The van der Waals surface area contributed by atoms with E-state index in [1.165, 1.54) is 16.0 Å². The first-order valence-electron chi connectivity index (χ1n) is 9.76. The Kier molecular flexibility index (Phi) is 7.88. The summed E-state index contributed by atoms with van der Waals surface area (Å²) in [6.45, 7) is 9.21. The van der Waals surface area contributed by atoms with Crippen molar-refractivity contribution in [2.45, 2.75) is 46.4 Å². The fourth-order valence-electron chi connectivity index (χ4n) is 3.09. The number of nitrogens with one attached hydrogen (secondary N) is 1. The minimum absolute atomic E-state index is 0.0831. The fourth-order valence-corrected chi connectivity index (χ4v) is 3.09. The number of amides is 1. The largest absolute Gasteiger partial charge is 0.490 e. The Bertz CT molecular complexity index is 789. The van der Waals surface area contributed by atoms with E-state index in [2.05, 4.69) is 43.4 Å². The smallest absolute Gasteiger partial charge is 0.262 e. The minimum Gasteiger partial charge on any atom is -0.490 e. The summed E-state index contributed by atoms with van der Waals surface area (Å²) in [5.74, 6) is 1.16. The average Bonchev–Trinajstić information content (AvgIpc) is 2.67. The zero-order chi connectivity index (χ0) is 20.7. The van der Waals surface area contributed by atoms with Gasteiger partial charge in [0.05, 0.1) is 6.61 Å². The molecule has 0 aromatic heterocycles. The van der Waals surface area contributed by atoms with Crippen molar-refractivity contribution < 1.29 is 14.3 Å². The van der Waals surface area contributed by atoms with Crippen LogP contribution in [0.15, 0.2) is 42.5 Å². The van der Waals surface area contributed by atoms with Gasteiger partial charge in [0.1, 0.15) is 0 Å². The van der Waals surface area contributed by atoms with Crippen molar-refractivity contribution in [3.05, 3.63) is 59.2 Å². The van der Waals surface area contributed by atoms with Gasteiger partial charge in [-0.3, -0.25) is 4.79 Å². The number of rotatable bonds is 9. The van der Waals surface area contributed by atoms with Gasteiger partial charge in [-0.15, -0.1) is 0 Å². The molecule has 0 saturated carbocycles. The number of carbonyl (C=O) groups excluding carboxylic acids is 1.